The molecule has 0 radical (unpaired) electrons. The second-order valence-corrected chi connectivity index (χ2v) is 6.29. The van der Waals surface area contributed by atoms with E-state index in [2.05, 4.69) is 5.32 Å². The molecule has 2 aliphatic rings. The molecule has 2 N–H and O–H groups in total. The highest BCUT2D eigenvalue weighted by Gasteiger charge is 2.63. The van der Waals surface area contributed by atoms with Crippen LogP contribution in [0.5, 0.6) is 5.75 Å². The highest BCUT2D eigenvalue weighted by molar-refractivity contribution is 5.73. The lowest BCUT2D eigenvalue weighted by Gasteiger charge is -2.27. The molecule has 1 saturated carbocycles. The highest BCUT2D eigenvalue weighted by Crippen LogP contribution is 2.57. The van der Waals surface area contributed by atoms with E-state index >= 15 is 0 Å². The van der Waals surface area contributed by atoms with Crippen LogP contribution < -0.4 is 10.1 Å². The van der Waals surface area contributed by atoms with Crippen molar-refractivity contribution in [2.24, 2.45) is 5.41 Å². The first-order chi connectivity index (χ1) is 11.9. The largest absolute Gasteiger partial charge is 0.493 e. The molecule has 0 spiro atoms. The van der Waals surface area contributed by atoms with Crippen molar-refractivity contribution in [2.45, 2.75) is 31.1 Å². The quantitative estimate of drug-likeness (QED) is 0.776. The number of ether oxygens (including phenoxy) is 1. The molecule has 3 rings (SSSR count). The minimum atomic E-state index is -5.08. The number of carbonyl (C=O) groups is 1. The zero-order chi connectivity index (χ0) is 19.6. The van der Waals surface area contributed by atoms with Crippen LogP contribution in [0.15, 0.2) is 24.3 Å². The molecular weight excluding hydrogens is 368 g/mol. The summed E-state index contributed by atoms with van der Waals surface area (Å²) in [6.07, 6.45) is -8.87. The Bertz CT molecular complexity index is 618. The van der Waals surface area contributed by atoms with Crippen LogP contribution in [0, 0.1) is 5.41 Å². The topological polar surface area (TPSA) is 58.6 Å². The summed E-state index contributed by atoms with van der Waals surface area (Å²) in [6.45, 7) is 1.68. The molecular formula is C16H17F6NO3. The van der Waals surface area contributed by atoms with Gasteiger partial charge in [-0.1, -0.05) is 12.1 Å². The lowest BCUT2D eigenvalue weighted by molar-refractivity contribution is -0.194. The Morgan fingerprint density at radius 3 is 1.92 bits per heavy atom. The lowest BCUT2D eigenvalue weighted by atomic mass is 9.94. The average molecular weight is 385 g/mol. The van der Waals surface area contributed by atoms with Crippen LogP contribution >= 0.6 is 0 Å². The molecule has 1 saturated heterocycles. The number of aliphatic carboxylic acids is 1. The minimum absolute atomic E-state index is 0.183. The Morgan fingerprint density at radius 1 is 1.12 bits per heavy atom. The molecule has 1 aliphatic carbocycles. The van der Waals surface area contributed by atoms with Gasteiger partial charge >= 0.3 is 18.3 Å². The monoisotopic (exact) mass is 385 g/mol. The normalized spacial score (nSPS) is 19.0. The number of nitrogens with one attached hydrogen (secondary N) is 1. The van der Waals surface area contributed by atoms with E-state index in [1.165, 1.54) is 5.56 Å². The number of carboxylic acid groups (broad SMARTS) is 1. The minimum Gasteiger partial charge on any atom is -0.493 e. The van der Waals surface area contributed by atoms with Crippen molar-refractivity contribution in [1.82, 2.24) is 5.32 Å². The number of hydrogen-bond acceptors (Lipinski definition) is 3. The Hall–Kier alpha value is -1.97. The lowest BCUT2D eigenvalue weighted by Crippen LogP contribution is -2.39. The van der Waals surface area contributed by atoms with Crippen molar-refractivity contribution in [1.29, 1.82) is 0 Å². The Labute approximate surface area is 145 Å². The van der Waals surface area contributed by atoms with Crippen LogP contribution in [0.1, 0.15) is 24.3 Å². The van der Waals surface area contributed by atoms with Crippen molar-refractivity contribution < 1.29 is 41.0 Å². The van der Waals surface area contributed by atoms with E-state index in [1.54, 1.807) is 12.1 Å². The van der Waals surface area contributed by atoms with Crippen molar-refractivity contribution in [3.63, 3.8) is 0 Å². The summed E-state index contributed by atoms with van der Waals surface area (Å²) in [5.74, 6) is -1.71. The number of carboxylic acids is 1. The molecule has 0 aromatic heterocycles. The van der Waals surface area contributed by atoms with Gasteiger partial charge in [-0.25, -0.2) is 4.79 Å². The van der Waals surface area contributed by atoms with Gasteiger partial charge in [-0.05, 0) is 30.5 Å². The van der Waals surface area contributed by atoms with Crippen LogP contribution in [0.25, 0.3) is 0 Å². The summed E-state index contributed by atoms with van der Waals surface area (Å²) in [7, 11) is 0. The molecule has 0 unspecified atom stereocenters. The summed E-state index contributed by atoms with van der Waals surface area (Å²) in [5.41, 5.74) is -0.383. The molecule has 0 bridgehead atoms. The fourth-order valence-electron chi connectivity index (χ4n) is 2.24. The van der Waals surface area contributed by atoms with Crippen molar-refractivity contribution in [3.8, 4) is 5.75 Å². The van der Waals surface area contributed by atoms with Crippen molar-refractivity contribution in [3.05, 3.63) is 29.8 Å². The van der Waals surface area contributed by atoms with E-state index < -0.39 is 23.7 Å². The van der Waals surface area contributed by atoms with Crippen LogP contribution in [0.4, 0.5) is 26.3 Å². The zero-order valence-electron chi connectivity index (χ0n) is 13.5. The third-order valence-electron chi connectivity index (χ3n) is 4.35. The number of rotatable bonds is 4. The Balaban J connectivity index is 0.000000298. The van der Waals surface area contributed by atoms with Crippen LogP contribution in [0.3, 0.4) is 0 Å². The molecule has 1 aliphatic heterocycles. The summed E-state index contributed by atoms with van der Waals surface area (Å²) >= 11 is 0. The first-order valence-corrected chi connectivity index (χ1v) is 7.75. The summed E-state index contributed by atoms with van der Waals surface area (Å²) < 4.78 is 75.3. The van der Waals surface area contributed by atoms with Gasteiger partial charge in [-0.3, -0.25) is 0 Å². The summed E-state index contributed by atoms with van der Waals surface area (Å²) in [6, 6.07) is 7.40. The van der Waals surface area contributed by atoms with Gasteiger partial charge < -0.3 is 15.2 Å². The molecule has 2 fully saturated rings. The highest BCUT2D eigenvalue weighted by atomic mass is 19.4. The van der Waals surface area contributed by atoms with Crippen molar-refractivity contribution in [2.75, 3.05) is 19.7 Å². The maximum atomic E-state index is 12.7. The van der Waals surface area contributed by atoms with Gasteiger partial charge in [-0.2, -0.15) is 26.3 Å². The SMILES string of the molecule is FC(F)(F)C1(COc2ccc(C3CNC3)cc2)CC1.O=C(O)C(F)(F)F. The fraction of sp³-hybridized carbons (Fsp3) is 0.562. The smallest absolute Gasteiger partial charge is 0.490 e. The van der Waals surface area contributed by atoms with Gasteiger partial charge in [0.25, 0.3) is 0 Å². The van der Waals surface area contributed by atoms with Crippen LogP contribution in [-0.4, -0.2) is 43.1 Å². The van der Waals surface area contributed by atoms with Crippen molar-refractivity contribution >= 4 is 5.97 Å². The van der Waals surface area contributed by atoms with Crippen LogP contribution in [-0.2, 0) is 4.79 Å². The first-order valence-electron chi connectivity index (χ1n) is 7.75. The molecule has 10 heteroatoms. The van der Waals surface area contributed by atoms with E-state index in [1.807, 2.05) is 12.1 Å². The predicted octanol–water partition coefficient (Wildman–Crippen LogP) is 3.73. The third-order valence-corrected chi connectivity index (χ3v) is 4.35. The predicted molar refractivity (Wildman–Crippen MR) is 79.0 cm³/mol. The number of hydrogen-bond donors (Lipinski definition) is 2. The van der Waals surface area contributed by atoms with E-state index in [0.717, 1.165) is 13.1 Å². The Morgan fingerprint density at radius 2 is 1.62 bits per heavy atom. The molecule has 1 aromatic carbocycles. The maximum Gasteiger partial charge on any atom is 0.490 e. The van der Waals surface area contributed by atoms with E-state index in [-0.39, 0.29) is 19.4 Å². The molecule has 4 nitrogen and oxygen atoms in total. The van der Waals surface area contributed by atoms with Gasteiger partial charge in [-0.15, -0.1) is 0 Å². The fourth-order valence-corrected chi connectivity index (χ4v) is 2.24. The molecule has 0 amide bonds. The maximum absolute atomic E-state index is 12.7. The average Bonchev–Trinajstić information content (AvgIpc) is 3.25. The van der Waals surface area contributed by atoms with E-state index in [0.29, 0.717) is 11.7 Å². The Kier molecular flexibility index (Phi) is 5.74. The van der Waals surface area contributed by atoms with Gasteiger partial charge in [0.15, 0.2) is 0 Å². The summed E-state index contributed by atoms with van der Waals surface area (Å²) in [4.78, 5) is 8.90. The van der Waals surface area contributed by atoms with Gasteiger partial charge in [0.1, 0.15) is 17.8 Å². The molecule has 1 heterocycles. The number of benzene rings is 1. The standard InChI is InChI=1S/C14H16F3NO.C2HF3O2/c15-14(16,17)13(5-6-13)9-19-12-3-1-10(2-4-12)11-7-18-8-11;3-2(4,5)1(6)7/h1-4,11,18H,5-9H2;(H,6,7). The van der Waals surface area contributed by atoms with Crippen LogP contribution in [0.2, 0.25) is 0 Å². The second kappa shape index (κ2) is 7.34. The number of alkyl halides is 6. The second-order valence-electron chi connectivity index (χ2n) is 6.29. The third kappa shape index (κ3) is 5.03. The van der Waals surface area contributed by atoms with Gasteiger partial charge in [0.2, 0.25) is 0 Å². The molecule has 0 atom stereocenters. The zero-order valence-corrected chi connectivity index (χ0v) is 13.5. The van der Waals surface area contributed by atoms with Gasteiger partial charge in [0, 0.05) is 19.0 Å². The van der Waals surface area contributed by atoms with E-state index in [9.17, 15) is 26.3 Å². The molecule has 146 valence electrons. The molecule has 1 aromatic rings. The first kappa shape index (κ1) is 20.3. The van der Waals surface area contributed by atoms with Gasteiger partial charge in [0.05, 0.1) is 0 Å². The summed E-state index contributed by atoms with van der Waals surface area (Å²) in [5, 5.41) is 10.3. The molecule has 26 heavy (non-hydrogen) atoms. The number of halogens is 6. The van der Waals surface area contributed by atoms with E-state index in [4.69, 9.17) is 14.6 Å².